The molecule has 0 aliphatic heterocycles. The van der Waals surface area contributed by atoms with Crippen LogP contribution >= 0.6 is 0 Å². The molecule has 1 heterocycles. The fraction of sp³-hybridized carbons (Fsp3) is 0.545. The molecule has 2 aromatic carbocycles. The van der Waals surface area contributed by atoms with Gasteiger partial charge in [-0.05, 0) is 62.6 Å². The van der Waals surface area contributed by atoms with Crippen molar-refractivity contribution < 1.29 is 19.4 Å². The summed E-state index contributed by atoms with van der Waals surface area (Å²) in [4.78, 5) is 25.0. The second kappa shape index (κ2) is 11.9. The van der Waals surface area contributed by atoms with Gasteiger partial charge in [0.25, 0.3) is 5.91 Å². The molecule has 1 amide bonds. The predicted molar refractivity (Wildman–Crippen MR) is 171 cm³/mol. The van der Waals surface area contributed by atoms with Gasteiger partial charge in [-0.3, -0.25) is 4.79 Å². The summed E-state index contributed by atoms with van der Waals surface area (Å²) in [7, 11) is 3.16. The van der Waals surface area contributed by atoms with Gasteiger partial charge in [0.15, 0.2) is 11.5 Å². The fourth-order valence-electron chi connectivity index (χ4n) is 5.35. The highest BCUT2D eigenvalue weighted by atomic mass is 16.5. The van der Waals surface area contributed by atoms with Gasteiger partial charge < -0.3 is 30.5 Å². The number of phenolic OH excluding ortho intramolecular Hbond substituents is 1. The number of carbonyl (C=O) groups is 1. The van der Waals surface area contributed by atoms with Crippen LogP contribution in [0.3, 0.4) is 0 Å². The maximum atomic E-state index is 13.5. The highest BCUT2D eigenvalue weighted by Gasteiger charge is 2.31. The van der Waals surface area contributed by atoms with Gasteiger partial charge in [0.1, 0.15) is 11.6 Å². The number of phenols is 1. The Kier molecular flexibility index (Phi) is 9.25. The van der Waals surface area contributed by atoms with Crippen molar-refractivity contribution in [3.8, 4) is 17.2 Å². The summed E-state index contributed by atoms with van der Waals surface area (Å²) >= 11 is 0. The fourth-order valence-corrected chi connectivity index (χ4v) is 5.35. The standard InChI is InChI=1S/C33H49N5O4/c1-19-20(16-22(31(2,3)4)27(39)26(19)32(5,6)7)29(40)35-14-13-15-38(33(8,9)10)30-36-23-18-25(42-12)24(41-11)17-21(23)28(34)37-30/h16-18,39H,13-15H2,1-12H3,(H,35,40)(H2,34,36,37). The third-order valence-electron chi connectivity index (χ3n) is 7.48. The number of hydrogen-bond acceptors (Lipinski definition) is 8. The van der Waals surface area contributed by atoms with E-state index < -0.39 is 0 Å². The van der Waals surface area contributed by atoms with Crippen molar-refractivity contribution in [2.24, 2.45) is 0 Å². The van der Waals surface area contributed by atoms with Gasteiger partial charge >= 0.3 is 0 Å². The number of nitrogen functional groups attached to an aromatic ring is 1. The van der Waals surface area contributed by atoms with Crippen molar-refractivity contribution in [3.05, 3.63) is 40.5 Å². The second-order valence-corrected chi connectivity index (χ2v) is 13.9. The van der Waals surface area contributed by atoms with E-state index in [0.717, 1.165) is 16.7 Å². The van der Waals surface area contributed by atoms with Crippen LogP contribution in [0.2, 0.25) is 0 Å². The number of anilines is 2. The third kappa shape index (κ3) is 6.82. The highest BCUT2D eigenvalue weighted by molar-refractivity contribution is 5.97. The highest BCUT2D eigenvalue weighted by Crippen LogP contribution is 2.42. The van der Waals surface area contributed by atoms with Crippen LogP contribution in [0.25, 0.3) is 10.9 Å². The molecule has 0 atom stereocenters. The Morgan fingerprint density at radius 2 is 1.55 bits per heavy atom. The maximum absolute atomic E-state index is 13.5. The molecule has 3 aromatic rings. The molecule has 0 spiro atoms. The Bertz CT molecular complexity index is 1460. The molecule has 9 heteroatoms. The summed E-state index contributed by atoms with van der Waals surface area (Å²) in [6.07, 6.45) is 0.658. The molecule has 3 rings (SSSR count). The van der Waals surface area contributed by atoms with E-state index in [2.05, 4.69) is 56.7 Å². The smallest absolute Gasteiger partial charge is 0.251 e. The van der Waals surface area contributed by atoms with Crippen molar-refractivity contribution in [3.63, 3.8) is 0 Å². The zero-order valence-corrected chi connectivity index (χ0v) is 27.4. The lowest BCUT2D eigenvalue weighted by molar-refractivity contribution is 0.0952. The number of aromatic hydroxyl groups is 1. The average molecular weight is 580 g/mol. The lowest BCUT2D eigenvalue weighted by Gasteiger charge is -2.36. The van der Waals surface area contributed by atoms with Crippen LogP contribution in [0.5, 0.6) is 17.2 Å². The van der Waals surface area contributed by atoms with E-state index in [1.165, 1.54) is 0 Å². The van der Waals surface area contributed by atoms with E-state index in [1.807, 2.05) is 33.8 Å². The normalized spacial score (nSPS) is 12.4. The summed E-state index contributed by atoms with van der Waals surface area (Å²) in [6.45, 7) is 21.5. The van der Waals surface area contributed by atoms with Crippen molar-refractivity contribution in [2.75, 3.05) is 37.9 Å². The van der Waals surface area contributed by atoms with Gasteiger partial charge in [-0.15, -0.1) is 0 Å². The molecule has 0 saturated heterocycles. The minimum Gasteiger partial charge on any atom is -0.507 e. The van der Waals surface area contributed by atoms with E-state index in [0.29, 0.717) is 59.2 Å². The predicted octanol–water partition coefficient (Wildman–Crippen LogP) is 6.26. The molecular weight excluding hydrogens is 530 g/mol. The quantitative estimate of drug-likeness (QED) is 0.267. The zero-order valence-electron chi connectivity index (χ0n) is 27.4. The number of nitrogens with one attached hydrogen (secondary N) is 1. The van der Waals surface area contributed by atoms with E-state index in [9.17, 15) is 9.90 Å². The summed E-state index contributed by atoms with van der Waals surface area (Å²) in [5.41, 5.74) is 9.03. The molecule has 0 unspecified atom stereocenters. The molecule has 4 N–H and O–H groups in total. The lowest BCUT2D eigenvalue weighted by atomic mass is 9.76. The molecule has 0 bridgehead atoms. The van der Waals surface area contributed by atoms with Crippen LogP contribution in [-0.4, -0.2) is 53.8 Å². The Morgan fingerprint density at radius 1 is 0.952 bits per heavy atom. The zero-order chi connectivity index (χ0) is 31.8. The molecule has 0 radical (unpaired) electrons. The number of aromatic nitrogens is 2. The van der Waals surface area contributed by atoms with Crippen molar-refractivity contribution >= 4 is 28.6 Å². The number of benzene rings is 2. The van der Waals surface area contributed by atoms with Gasteiger partial charge in [-0.1, -0.05) is 41.5 Å². The molecule has 230 valence electrons. The maximum Gasteiger partial charge on any atom is 0.251 e. The van der Waals surface area contributed by atoms with Gasteiger partial charge in [-0.2, -0.15) is 4.98 Å². The Balaban J connectivity index is 1.85. The van der Waals surface area contributed by atoms with Crippen LogP contribution < -0.4 is 25.4 Å². The van der Waals surface area contributed by atoms with Gasteiger partial charge in [0, 0.05) is 46.8 Å². The van der Waals surface area contributed by atoms with E-state index in [4.69, 9.17) is 20.2 Å². The number of nitrogens with two attached hydrogens (primary N) is 1. The molecule has 0 fully saturated rings. The second-order valence-electron chi connectivity index (χ2n) is 13.9. The van der Waals surface area contributed by atoms with Crippen LogP contribution in [0.15, 0.2) is 18.2 Å². The van der Waals surface area contributed by atoms with Crippen molar-refractivity contribution in [2.45, 2.75) is 92.0 Å². The topological polar surface area (TPSA) is 123 Å². The molecule has 9 nitrogen and oxygen atoms in total. The van der Waals surface area contributed by atoms with Crippen molar-refractivity contribution in [1.82, 2.24) is 15.3 Å². The molecule has 42 heavy (non-hydrogen) atoms. The first-order valence-corrected chi connectivity index (χ1v) is 14.4. The Morgan fingerprint density at radius 3 is 2.07 bits per heavy atom. The first kappa shape index (κ1) is 32.8. The number of methoxy groups -OCH3 is 2. The summed E-state index contributed by atoms with van der Waals surface area (Å²) in [5, 5.41) is 15.0. The van der Waals surface area contributed by atoms with Crippen LogP contribution in [0, 0.1) is 6.92 Å². The summed E-state index contributed by atoms with van der Waals surface area (Å²) in [5.74, 6) is 2.10. The minimum atomic E-state index is -0.325. The number of carbonyl (C=O) groups excluding carboxylic acids is 1. The SMILES string of the molecule is COc1cc2nc(N(CCCNC(=O)c3cc(C(C)(C)C)c(O)c(C(C)(C)C)c3C)C(C)(C)C)nc(N)c2cc1OC. The molecule has 0 aliphatic carbocycles. The number of ether oxygens (including phenoxy) is 2. The third-order valence-corrected chi connectivity index (χ3v) is 7.48. The number of rotatable bonds is 8. The number of nitrogens with zero attached hydrogens (tertiary/aromatic N) is 3. The van der Waals surface area contributed by atoms with Gasteiger partial charge in [0.2, 0.25) is 5.95 Å². The monoisotopic (exact) mass is 579 g/mol. The average Bonchev–Trinajstić information content (AvgIpc) is 2.85. The first-order chi connectivity index (χ1) is 19.3. The van der Waals surface area contributed by atoms with Gasteiger partial charge in [-0.25, -0.2) is 4.98 Å². The number of amides is 1. The van der Waals surface area contributed by atoms with Crippen LogP contribution in [0.1, 0.15) is 95.8 Å². The van der Waals surface area contributed by atoms with E-state index >= 15 is 0 Å². The Hall–Kier alpha value is -3.75. The lowest BCUT2D eigenvalue weighted by Crippen LogP contribution is -2.44. The molecule has 0 saturated carbocycles. The van der Waals surface area contributed by atoms with Gasteiger partial charge in [0.05, 0.1) is 19.7 Å². The van der Waals surface area contributed by atoms with Crippen LogP contribution in [-0.2, 0) is 10.8 Å². The summed E-state index contributed by atoms with van der Waals surface area (Å²) in [6, 6.07) is 5.42. The first-order valence-electron chi connectivity index (χ1n) is 14.4. The molecule has 0 aliphatic rings. The van der Waals surface area contributed by atoms with Crippen LogP contribution in [0.4, 0.5) is 11.8 Å². The molecular formula is C33H49N5O4. The van der Waals surface area contributed by atoms with Crippen molar-refractivity contribution in [1.29, 1.82) is 0 Å². The summed E-state index contributed by atoms with van der Waals surface area (Å²) < 4.78 is 10.9. The Labute approximate surface area is 250 Å². The number of fused-ring (bicyclic) bond motifs is 1. The minimum absolute atomic E-state index is 0.155. The van der Waals surface area contributed by atoms with E-state index in [-0.39, 0.29) is 28.0 Å². The van der Waals surface area contributed by atoms with E-state index in [1.54, 1.807) is 26.4 Å². The largest absolute Gasteiger partial charge is 0.507 e. The molecule has 1 aromatic heterocycles. The number of hydrogen-bond donors (Lipinski definition) is 3.